The normalized spacial score (nSPS) is 13.3. The molecule has 0 radical (unpaired) electrons. The lowest BCUT2D eigenvalue weighted by Gasteiger charge is -2.15. The Labute approximate surface area is 193 Å². The average Bonchev–Trinajstić information content (AvgIpc) is 3.17. The van der Waals surface area contributed by atoms with Gasteiger partial charge in [0.05, 0.1) is 16.0 Å². The Hall–Kier alpha value is -2.97. The molecule has 0 spiro atoms. The first-order chi connectivity index (χ1) is 15.5. The Morgan fingerprint density at radius 3 is 2.78 bits per heavy atom. The fourth-order valence-corrected chi connectivity index (χ4v) is 6.47. The molecular weight excluding hydrogens is 442 g/mol. The first-order valence-electron chi connectivity index (χ1n) is 10.5. The van der Waals surface area contributed by atoms with Crippen LogP contribution in [0, 0.1) is 17.0 Å². The highest BCUT2D eigenvalue weighted by atomic mass is 32.2. The van der Waals surface area contributed by atoms with Crippen molar-refractivity contribution in [2.45, 2.75) is 43.5 Å². The predicted molar refractivity (Wildman–Crippen MR) is 129 cm³/mol. The van der Waals surface area contributed by atoms with E-state index in [9.17, 15) is 14.9 Å². The molecule has 0 saturated carbocycles. The number of nitrogens with zero attached hydrogens (tertiary/aromatic N) is 3. The summed E-state index contributed by atoms with van der Waals surface area (Å²) in [4.78, 5) is 31.6. The Morgan fingerprint density at radius 1 is 1.16 bits per heavy atom. The van der Waals surface area contributed by atoms with Crippen molar-refractivity contribution < 1.29 is 4.92 Å². The summed E-state index contributed by atoms with van der Waals surface area (Å²) in [7, 11) is 0. The molecule has 32 heavy (non-hydrogen) atoms. The zero-order valence-corrected chi connectivity index (χ0v) is 19.2. The molecule has 0 unspecified atom stereocenters. The Bertz CT molecular complexity index is 1410. The van der Waals surface area contributed by atoms with Gasteiger partial charge in [-0.15, -0.1) is 11.3 Å². The van der Waals surface area contributed by atoms with Crippen LogP contribution in [0.3, 0.4) is 0 Å². The largest absolute Gasteiger partial charge is 0.269 e. The zero-order chi connectivity index (χ0) is 22.2. The van der Waals surface area contributed by atoms with Crippen molar-refractivity contribution >= 4 is 39.0 Å². The SMILES string of the molecule is Cc1ccccc1-n1c(SCc2cccc([N+](=O)[O-])c2)nc2sc3c(c2c1=O)CCCC3. The third kappa shape index (κ3) is 3.73. The lowest BCUT2D eigenvalue weighted by molar-refractivity contribution is -0.384. The molecule has 5 rings (SSSR count). The van der Waals surface area contributed by atoms with E-state index < -0.39 is 4.92 Å². The molecule has 0 aliphatic heterocycles. The minimum Gasteiger partial charge on any atom is -0.268 e. The van der Waals surface area contributed by atoms with Crippen LogP contribution in [-0.4, -0.2) is 14.5 Å². The van der Waals surface area contributed by atoms with Crippen LogP contribution in [0.5, 0.6) is 0 Å². The van der Waals surface area contributed by atoms with Gasteiger partial charge in [0.15, 0.2) is 5.16 Å². The molecular formula is C24H21N3O3S2. The summed E-state index contributed by atoms with van der Waals surface area (Å²) in [6, 6.07) is 14.4. The van der Waals surface area contributed by atoms with Gasteiger partial charge in [-0.2, -0.15) is 0 Å². The van der Waals surface area contributed by atoms with Crippen LogP contribution >= 0.6 is 23.1 Å². The maximum absolute atomic E-state index is 13.8. The molecule has 6 nitrogen and oxygen atoms in total. The van der Waals surface area contributed by atoms with Crippen molar-refractivity contribution in [2.24, 2.45) is 0 Å². The highest BCUT2D eigenvalue weighted by Gasteiger charge is 2.23. The van der Waals surface area contributed by atoms with E-state index in [1.807, 2.05) is 37.3 Å². The van der Waals surface area contributed by atoms with Crippen molar-refractivity contribution in [3.63, 3.8) is 0 Å². The van der Waals surface area contributed by atoms with E-state index in [1.54, 1.807) is 28.0 Å². The second-order valence-electron chi connectivity index (χ2n) is 7.93. The minimum atomic E-state index is -0.391. The fourth-order valence-electron chi connectivity index (χ4n) is 4.22. The van der Waals surface area contributed by atoms with Crippen molar-refractivity contribution in [2.75, 3.05) is 0 Å². The smallest absolute Gasteiger partial charge is 0.268 e. The van der Waals surface area contributed by atoms with E-state index in [1.165, 1.54) is 28.3 Å². The monoisotopic (exact) mass is 463 g/mol. The third-order valence-corrected chi connectivity index (χ3v) is 8.00. The summed E-state index contributed by atoms with van der Waals surface area (Å²) in [5, 5.41) is 12.5. The minimum absolute atomic E-state index is 0.0229. The summed E-state index contributed by atoms with van der Waals surface area (Å²) < 4.78 is 1.72. The number of benzene rings is 2. The molecule has 4 aromatic rings. The average molecular weight is 464 g/mol. The first-order valence-corrected chi connectivity index (χ1v) is 12.3. The molecule has 1 aliphatic rings. The van der Waals surface area contributed by atoms with Gasteiger partial charge >= 0.3 is 0 Å². The van der Waals surface area contributed by atoms with Crippen molar-refractivity contribution in [3.05, 3.63) is 90.6 Å². The van der Waals surface area contributed by atoms with E-state index in [-0.39, 0.29) is 11.2 Å². The van der Waals surface area contributed by atoms with E-state index >= 15 is 0 Å². The van der Waals surface area contributed by atoms with Gasteiger partial charge in [0, 0.05) is 22.8 Å². The molecule has 0 amide bonds. The predicted octanol–water partition coefficient (Wildman–Crippen LogP) is 5.83. The summed E-state index contributed by atoms with van der Waals surface area (Å²) in [5.74, 6) is 0.483. The molecule has 2 heterocycles. The van der Waals surface area contributed by atoms with Gasteiger partial charge in [-0.25, -0.2) is 4.98 Å². The van der Waals surface area contributed by atoms with E-state index in [0.29, 0.717) is 10.9 Å². The zero-order valence-electron chi connectivity index (χ0n) is 17.5. The van der Waals surface area contributed by atoms with Gasteiger partial charge in [-0.1, -0.05) is 42.1 Å². The lowest BCUT2D eigenvalue weighted by atomic mass is 9.97. The molecule has 2 aromatic carbocycles. The Kier molecular flexibility index (Phi) is 5.57. The van der Waals surface area contributed by atoms with Crippen LogP contribution in [0.4, 0.5) is 5.69 Å². The number of thioether (sulfide) groups is 1. The molecule has 0 bridgehead atoms. The molecule has 0 N–H and O–H groups in total. The fraction of sp³-hybridized carbons (Fsp3) is 0.250. The number of thiophene rings is 1. The van der Waals surface area contributed by atoms with Crippen LogP contribution in [0.25, 0.3) is 15.9 Å². The van der Waals surface area contributed by atoms with Gasteiger partial charge in [0.1, 0.15) is 4.83 Å². The van der Waals surface area contributed by atoms with Crippen LogP contribution in [-0.2, 0) is 18.6 Å². The number of aryl methyl sites for hydroxylation is 3. The quantitative estimate of drug-likeness (QED) is 0.161. The van der Waals surface area contributed by atoms with E-state index in [4.69, 9.17) is 4.98 Å². The maximum atomic E-state index is 13.8. The number of nitro groups is 1. The number of rotatable bonds is 5. The highest BCUT2D eigenvalue weighted by molar-refractivity contribution is 7.98. The van der Waals surface area contributed by atoms with Crippen LogP contribution in [0.2, 0.25) is 0 Å². The lowest BCUT2D eigenvalue weighted by Crippen LogP contribution is -2.23. The van der Waals surface area contributed by atoms with Gasteiger partial charge in [-0.3, -0.25) is 19.5 Å². The van der Waals surface area contributed by atoms with Crippen molar-refractivity contribution in [1.29, 1.82) is 0 Å². The molecule has 0 saturated heterocycles. The first kappa shape index (κ1) is 20.9. The summed E-state index contributed by atoms with van der Waals surface area (Å²) in [6.45, 7) is 1.99. The number of hydrogen-bond donors (Lipinski definition) is 0. The second-order valence-corrected chi connectivity index (χ2v) is 9.95. The number of para-hydroxylation sites is 1. The van der Waals surface area contributed by atoms with Crippen molar-refractivity contribution in [3.8, 4) is 5.69 Å². The summed E-state index contributed by atoms with van der Waals surface area (Å²) in [6.07, 6.45) is 4.20. The third-order valence-electron chi connectivity index (χ3n) is 5.80. The van der Waals surface area contributed by atoms with Gasteiger partial charge in [0.2, 0.25) is 0 Å². The van der Waals surface area contributed by atoms with Gasteiger partial charge in [-0.05, 0) is 55.4 Å². The van der Waals surface area contributed by atoms with Crippen molar-refractivity contribution in [1.82, 2.24) is 9.55 Å². The number of nitro benzene ring substituents is 1. The topological polar surface area (TPSA) is 78.0 Å². The Balaban J connectivity index is 1.65. The summed E-state index contributed by atoms with van der Waals surface area (Å²) in [5.41, 5.74) is 3.85. The molecule has 1 aliphatic carbocycles. The second kappa shape index (κ2) is 8.52. The van der Waals surface area contributed by atoms with Crippen LogP contribution < -0.4 is 5.56 Å². The van der Waals surface area contributed by atoms with E-state index in [0.717, 1.165) is 52.7 Å². The van der Waals surface area contributed by atoms with E-state index in [2.05, 4.69) is 0 Å². The molecule has 8 heteroatoms. The van der Waals surface area contributed by atoms with Crippen LogP contribution in [0.15, 0.2) is 58.5 Å². The highest BCUT2D eigenvalue weighted by Crippen LogP contribution is 2.36. The number of non-ortho nitro benzene ring substituents is 1. The van der Waals surface area contributed by atoms with Crippen LogP contribution in [0.1, 0.15) is 34.4 Å². The molecule has 2 aromatic heterocycles. The Morgan fingerprint density at radius 2 is 1.97 bits per heavy atom. The molecule has 0 atom stereocenters. The maximum Gasteiger partial charge on any atom is 0.269 e. The number of aromatic nitrogens is 2. The number of fused-ring (bicyclic) bond motifs is 3. The standard InChI is InChI=1S/C24H21N3O3S2/c1-15-7-2-4-11-19(15)26-23(28)21-18-10-3-5-12-20(18)32-22(21)25-24(26)31-14-16-8-6-9-17(13-16)27(29)30/h2,4,6-9,11,13H,3,5,10,12,14H2,1H3. The van der Waals surface area contributed by atoms with Gasteiger partial charge < -0.3 is 0 Å². The number of hydrogen-bond acceptors (Lipinski definition) is 6. The van der Waals surface area contributed by atoms with Gasteiger partial charge in [0.25, 0.3) is 11.2 Å². The molecule has 0 fully saturated rings. The molecule has 162 valence electrons. The summed E-state index contributed by atoms with van der Waals surface area (Å²) >= 11 is 3.07.